The highest BCUT2D eigenvalue weighted by molar-refractivity contribution is 7.13. The molecule has 1 fully saturated rings. The fourth-order valence-electron chi connectivity index (χ4n) is 3.40. The van der Waals surface area contributed by atoms with Gasteiger partial charge in [-0.25, -0.2) is 4.98 Å². The lowest BCUT2D eigenvalue weighted by molar-refractivity contribution is -0.135. The number of pyridine rings is 1. The van der Waals surface area contributed by atoms with E-state index in [4.69, 9.17) is 4.42 Å². The number of aromatic nitrogens is 2. The van der Waals surface area contributed by atoms with E-state index >= 15 is 0 Å². The Bertz CT molecular complexity index is 947. The van der Waals surface area contributed by atoms with Crippen LogP contribution in [0.4, 0.5) is 0 Å². The third kappa shape index (κ3) is 4.89. The van der Waals surface area contributed by atoms with Crippen LogP contribution in [0.3, 0.4) is 0 Å². The first-order valence-corrected chi connectivity index (χ1v) is 10.5. The van der Waals surface area contributed by atoms with Gasteiger partial charge in [0.15, 0.2) is 0 Å². The largest absolute Gasteiger partial charge is 0.467 e. The van der Waals surface area contributed by atoms with Gasteiger partial charge in [0.2, 0.25) is 11.8 Å². The number of carbonyl (C=O) groups excluding carboxylic acids is 2. The fraction of sp³-hybridized carbons (Fsp3) is 0.333. The monoisotopic (exact) mass is 410 g/mol. The quantitative estimate of drug-likeness (QED) is 0.675. The van der Waals surface area contributed by atoms with Gasteiger partial charge in [0.25, 0.3) is 0 Å². The Morgan fingerprint density at radius 2 is 2.10 bits per heavy atom. The second-order valence-electron chi connectivity index (χ2n) is 7.01. The van der Waals surface area contributed by atoms with Crippen molar-refractivity contribution in [3.8, 4) is 10.6 Å². The van der Waals surface area contributed by atoms with E-state index in [-0.39, 0.29) is 24.2 Å². The zero-order valence-corrected chi connectivity index (χ0v) is 16.7. The maximum absolute atomic E-state index is 12.6. The Hall–Kier alpha value is -3.00. The number of rotatable bonds is 6. The highest BCUT2D eigenvalue weighted by atomic mass is 32.1. The highest BCUT2D eigenvalue weighted by Gasteiger charge is 2.27. The van der Waals surface area contributed by atoms with Crippen molar-refractivity contribution >= 4 is 23.2 Å². The predicted molar refractivity (Wildman–Crippen MR) is 109 cm³/mol. The zero-order valence-electron chi connectivity index (χ0n) is 15.9. The van der Waals surface area contributed by atoms with Crippen LogP contribution in [0.5, 0.6) is 0 Å². The number of nitrogens with zero attached hydrogens (tertiary/aromatic N) is 3. The molecule has 0 atom stereocenters. The van der Waals surface area contributed by atoms with Gasteiger partial charge in [-0.05, 0) is 37.1 Å². The number of furan rings is 1. The van der Waals surface area contributed by atoms with Gasteiger partial charge in [-0.1, -0.05) is 0 Å². The molecule has 1 aliphatic rings. The van der Waals surface area contributed by atoms with Crippen LogP contribution in [0.15, 0.2) is 52.7 Å². The van der Waals surface area contributed by atoms with Crippen LogP contribution in [0.25, 0.3) is 10.6 Å². The Morgan fingerprint density at radius 3 is 2.83 bits per heavy atom. The maximum atomic E-state index is 12.6. The second-order valence-corrected chi connectivity index (χ2v) is 7.87. The molecule has 0 aromatic carbocycles. The summed E-state index contributed by atoms with van der Waals surface area (Å²) in [7, 11) is 0. The van der Waals surface area contributed by atoms with Crippen LogP contribution >= 0.6 is 11.3 Å². The van der Waals surface area contributed by atoms with Crippen molar-refractivity contribution in [1.82, 2.24) is 20.2 Å². The van der Waals surface area contributed by atoms with Crippen molar-refractivity contribution in [2.75, 3.05) is 13.1 Å². The third-order valence-corrected chi connectivity index (χ3v) is 5.97. The van der Waals surface area contributed by atoms with Crippen LogP contribution in [0.1, 0.15) is 24.3 Å². The summed E-state index contributed by atoms with van der Waals surface area (Å²) in [6, 6.07) is 7.46. The highest BCUT2D eigenvalue weighted by Crippen LogP contribution is 2.24. The lowest BCUT2D eigenvalue weighted by Gasteiger charge is -2.31. The number of thiazole rings is 1. The van der Waals surface area contributed by atoms with Crippen LogP contribution < -0.4 is 5.32 Å². The molecular weight excluding hydrogens is 388 g/mol. The van der Waals surface area contributed by atoms with Crippen LogP contribution in [-0.4, -0.2) is 39.8 Å². The van der Waals surface area contributed by atoms with Crippen molar-refractivity contribution in [1.29, 1.82) is 0 Å². The first-order chi connectivity index (χ1) is 14.2. The number of amides is 2. The SMILES string of the molecule is O=C(NCc1ccco1)C1CCN(C(=O)Cc2csc(-c3cccnc3)n2)CC1. The topological polar surface area (TPSA) is 88.3 Å². The van der Waals surface area contributed by atoms with Crippen LogP contribution in [-0.2, 0) is 22.6 Å². The summed E-state index contributed by atoms with van der Waals surface area (Å²) in [5.41, 5.74) is 1.73. The number of hydrogen-bond donors (Lipinski definition) is 1. The normalized spacial score (nSPS) is 14.7. The molecule has 0 spiro atoms. The van der Waals surface area contributed by atoms with Gasteiger partial charge < -0.3 is 14.6 Å². The Morgan fingerprint density at radius 1 is 1.24 bits per heavy atom. The minimum Gasteiger partial charge on any atom is -0.467 e. The summed E-state index contributed by atoms with van der Waals surface area (Å²) >= 11 is 1.52. The molecule has 0 unspecified atom stereocenters. The summed E-state index contributed by atoms with van der Waals surface area (Å²) in [5.74, 6) is 0.752. The average Bonchev–Trinajstić information content (AvgIpc) is 3.45. The molecule has 0 aliphatic carbocycles. The molecule has 1 N–H and O–H groups in total. The van der Waals surface area contributed by atoms with Crippen molar-refractivity contribution in [2.24, 2.45) is 5.92 Å². The van der Waals surface area contributed by atoms with Crippen molar-refractivity contribution < 1.29 is 14.0 Å². The molecule has 150 valence electrons. The van der Waals surface area contributed by atoms with Crippen molar-refractivity contribution in [2.45, 2.75) is 25.8 Å². The zero-order chi connectivity index (χ0) is 20.1. The van der Waals surface area contributed by atoms with Gasteiger partial charge in [-0.3, -0.25) is 14.6 Å². The summed E-state index contributed by atoms with van der Waals surface area (Å²) in [6.07, 6.45) is 6.72. The lowest BCUT2D eigenvalue weighted by atomic mass is 9.95. The molecule has 0 radical (unpaired) electrons. The second kappa shape index (κ2) is 9.00. The number of carbonyl (C=O) groups is 2. The van der Waals surface area contributed by atoms with Gasteiger partial charge >= 0.3 is 0 Å². The molecule has 3 aromatic rings. The van der Waals surface area contributed by atoms with E-state index in [1.165, 1.54) is 11.3 Å². The standard InChI is InChI=1S/C21H22N4O3S/c26-19(11-17-14-29-21(24-17)16-3-1-7-22-12-16)25-8-5-15(6-9-25)20(27)23-13-18-4-2-10-28-18/h1-4,7,10,12,14-15H,5-6,8-9,11,13H2,(H,23,27). The molecule has 3 aromatic heterocycles. The number of piperidine rings is 1. The van der Waals surface area contributed by atoms with E-state index in [9.17, 15) is 9.59 Å². The van der Waals surface area contributed by atoms with E-state index < -0.39 is 0 Å². The van der Waals surface area contributed by atoms with E-state index in [1.54, 1.807) is 24.7 Å². The molecule has 8 heteroatoms. The van der Waals surface area contributed by atoms with Gasteiger partial charge in [0.1, 0.15) is 10.8 Å². The summed E-state index contributed by atoms with van der Waals surface area (Å²) in [4.78, 5) is 35.5. The molecule has 0 saturated carbocycles. The Balaban J connectivity index is 1.25. The van der Waals surface area contributed by atoms with Crippen molar-refractivity contribution in [3.63, 3.8) is 0 Å². The molecule has 2 amide bonds. The number of hydrogen-bond acceptors (Lipinski definition) is 6. The molecular formula is C21H22N4O3S. The van der Waals surface area contributed by atoms with Crippen LogP contribution in [0.2, 0.25) is 0 Å². The molecule has 1 saturated heterocycles. The number of likely N-dealkylation sites (tertiary alicyclic amines) is 1. The molecule has 7 nitrogen and oxygen atoms in total. The Kier molecular flexibility index (Phi) is 6.00. The van der Waals surface area contributed by atoms with Gasteiger partial charge in [0, 0.05) is 42.3 Å². The van der Waals surface area contributed by atoms with Gasteiger partial charge in [-0.15, -0.1) is 11.3 Å². The Labute approximate surface area is 172 Å². The average molecular weight is 410 g/mol. The van der Waals surface area contributed by atoms with E-state index in [0.29, 0.717) is 32.5 Å². The molecule has 4 heterocycles. The van der Waals surface area contributed by atoms with E-state index in [1.807, 2.05) is 28.5 Å². The molecule has 0 bridgehead atoms. The molecule has 29 heavy (non-hydrogen) atoms. The van der Waals surface area contributed by atoms with E-state index in [0.717, 1.165) is 22.0 Å². The van der Waals surface area contributed by atoms with Crippen LogP contribution in [0, 0.1) is 5.92 Å². The first kappa shape index (κ1) is 19.3. The minimum atomic E-state index is -0.0644. The fourth-order valence-corrected chi connectivity index (χ4v) is 4.21. The van der Waals surface area contributed by atoms with E-state index in [2.05, 4.69) is 15.3 Å². The summed E-state index contributed by atoms with van der Waals surface area (Å²) in [6.45, 7) is 1.59. The lowest BCUT2D eigenvalue weighted by Crippen LogP contribution is -2.43. The van der Waals surface area contributed by atoms with Gasteiger partial charge in [-0.2, -0.15) is 0 Å². The smallest absolute Gasteiger partial charge is 0.228 e. The molecule has 1 aliphatic heterocycles. The predicted octanol–water partition coefficient (Wildman–Crippen LogP) is 2.90. The summed E-state index contributed by atoms with van der Waals surface area (Å²) in [5, 5.41) is 5.70. The number of nitrogens with one attached hydrogen (secondary N) is 1. The van der Waals surface area contributed by atoms with Crippen molar-refractivity contribution in [3.05, 3.63) is 59.8 Å². The minimum absolute atomic E-state index is 0.0223. The first-order valence-electron chi connectivity index (χ1n) is 9.61. The van der Waals surface area contributed by atoms with Gasteiger partial charge in [0.05, 0.1) is 24.9 Å². The maximum Gasteiger partial charge on any atom is 0.228 e. The summed E-state index contributed by atoms with van der Waals surface area (Å²) < 4.78 is 5.23. The third-order valence-electron chi connectivity index (χ3n) is 5.03. The molecule has 4 rings (SSSR count).